The van der Waals surface area contributed by atoms with E-state index in [0.717, 1.165) is 38.1 Å². The van der Waals surface area contributed by atoms with Crippen molar-refractivity contribution in [3.63, 3.8) is 0 Å². The fourth-order valence-electron chi connectivity index (χ4n) is 5.15. The van der Waals surface area contributed by atoms with Gasteiger partial charge in [0.05, 0.1) is 29.7 Å². The topological polar surface area (TPSA) is 83.2 Å². The first kappa shape index (κ1) is 25.8. The van der Waals surface area contributed by atoms with Gasteiger partial charge in [-0.2, -0.15) is 0 Å². The Bertz CT molecular complexity index is 1230. The van der Waals surface area contributed by atoms with Crippen molar-refractivity contribution >= 4 is 29.4 Å². The van der Waals surface area contributed by atoms with Crippen LogP contribution in [0.15, 0.2) is 47.6 Å². The molecule has 0 saturated carbocycles. The first-order chi connectivity index (χ1) is 17.8. The van der Waals surface area contributed by atoms with E-state index in [2.05, 4.69) is 15.2 Å². The van der Waals surface area contributed by atoms with Crippen LogP contribution in [0.25, 0.3) is 5.70 Å². The largest absolute Gasteiger partial charge is 0.339 e. The van der Waals surface area contributed by atoms with Crippen molar-refractivity contribution in [1.82, 2.24) is 15.1 Å². The Morgan fingerprint density at radius 3 is 2.62 bits per heavy atom. The summed E-state index contributed by atoms with van der Waals surface area (Å²) in [5, 5.41) is 2.67. The van der Waals surface area contributed by atoms with Crippen molar-refractivity contribution in [2.45, 2.75) is 44.2 Å². The summed E-state index contributed by atoms with van der Waals surface area (Å²) >= 11 is 5.90. The fourth-order valence-corrected chi connectivity index (χ4v) is 5.36. The maximum absolute atomic E-state index is 14.1. The Labute approximate surface area is 219 Å². The molecule has 3 N–H and O–H groups in total. The molecule has 37 heavy (non-hydrogen) atoms. The predicted molar refractivity (Wildman–Crippen MR) is 139 cm³/mol. The Morgan fingerprint density at radius 2 is 1.86 bits per heavy atom. The quantitative estimate of drug-likeness (QED) is 0.434. The zero-order valence-electron chi connectivity index (χ0n) is 20.4. The number of ether oxygens (including phenoxy) is 1. The van der Waals surface area contributed by atoms with E-state index in [-0.39, 0.29) is 23.1 Å². The number of carbonyl (C=O) groups excluding carboxylic acids is 1. The average molecular weight is 530 g/mol. The molecule has 2 aromatic carbocycles. The van der Waals surface area contributed by atoms with Crippen LogP contribution in [0.1, 0.15) is 47.2 Å². The number of carbonyl (C=O) groups is 1. The molecule has 2 fully saturated rings. The molecule has 0 aliphatic carbocycles. The van der Waals surface area contributed by atoms with Crippen molar-refractivity contribution < 1.29 is 18.3 Å². The van der Waals surface area contributed by atoms with E-state index in [1.807, 2.05) is 11.0 Å². The summed E-state index contributed by atoms with van der Waals surface area (Å²) in [6.07, 6.45) is 7.41. The predicted octanol–water partition coefficient (Wildman–Crippen LogP) is 4.12. The second kappa shape index (κ2) is 10.9. The number of rotatable bonds is 6. The third-order valence-electron chi connectivity index (χ3n) is 7.22. The molecule has 3 heterocycles. The lowest BCUT2D eigenvalue weighted by atomic mass is 10.0. The van der Waals surface area contributed by atoms with Crippen molar-refractivity contribution in [3.8, 4) is 0 Å². The maximum Gasteiger partial charge on any atom is 0.253 e. The van der Waals surface area contributed by atoms with E-state index in [4.69, 9.17) is 22.1 Å². The number of nitrogens with two attached hydrogens (primary N) is 1. The Kier molecular flexibility index (Phi) is 7.57. The number of likely N-dealkylation sites (tertiary alicyclic amines) is 2. The normalized spacial score (nSPS) is 22.7. The molecular weight excluding hydrogens is 500 g/mol. The molecule has 10 heteroatoms. The highest BCUT2D eigenvalue weighted by Gasteiger charge is 2.30. The van der Waals surface area contributed by atoms with Gasteiger partial charge in [-0.15, -0.1) is 0 Å². The van der Waals surface area contributed by atoms with Crippen molar-refractivity contribution in [2.75, 3.05) is 26.2 Å². The van der Waals surface area contributed by atoms with Crippen LogP contribution in [-0.4, -0.2) is 60.0 Å². The molecule has 0 bridgehead atoms. The number of halogens is 3. The highest BCUT2D eigenvalue weighted by Crippen LogP contribution is 2.26. The number of benzene rings is 2. The number of hydrogen-bond acceptors (Lipinski definition) is 6. The van der Waals surface area contributed by atoms with Gasteiger partial charge in [-0.05, 0) is 63.0 Å². The molecule has 0 spiro atoms. The molecule has 1 amide bonds. The molecule has 2 saturated heterocycles. The average Bonchev–Trinajstić information content (AvgIpc) is 3.46. The van der Waals surface area contributed by atoms with Gasteiger partial charge in [-0.1, -0.05) is 23.7 Å². The van der Waals surface area contributed by atoms with Crippen molar-refractivity contribution in [1.29, 1.82) is 0 Å². The summed E-state index contributed by atoms with van der Waals surface area (Å²) < 4.78 is 33.6. The molecule has 196 valence electrons. The maximum atomic E-state index is 14.1. The molecule has 3 aliphatic rings. The van der Waals surface area contributed by atoms with E-state index in [0.29, 0.717) is 22.9 Å². The number of aliphatic imine (C=N–C) groups is 1. The fraction of sp³-hybridized carbons (Fsp3) is 0.407. The Morgan fingerprint density at radius 1 is 1.14 bits per heavy atom. The summed E-state index contributed by atoms with van der Waals surface area (Å²) in [6, 6.07) is 9.73. The summed E-state index contributed by atoms with van der Waals surface area (Å²) in [5.41, 5.74) is 7.95. The Hall–Kier alpha value is -2.85. The molecule has 0 aromatic heterocycles. The van der Waals surface area contributed by atoms with Crippen LogP contribution in [0, 0.1) is 11.6 Å². The van der Waals surface area contributed by atoms with Gasteiger partial charge in [0.25, 0.3) is 5.91 Å². The highest BCUT2D eigenvalue weighted by atomic mass is 35.5. The zero-order chi connectivity index (χ0) is 26.0. The van der Waals surface area contributed by atoms with Crippen LogP contribution in [0.5, 0.6) is 0 Å². The molecular formula is C27H30ClF2N5O2. The highest BCUT2D eigenvalue weighted by molar-refractivity contribution is 6.31. The second-order valence-corrected chi connectivity index (χ2v) is 10.1. The number of nitrogens with zero attached hydrogens (tertiary/aromatic N) is 3. The van der Waals surface area contributed by atoms with Crippen molar-refractivity contribution in [2.24, 2.45) is 10.7 Å². The standard InChI is InChI=1S/C27H30ClF2N5O2/c28-25-21(22(29)6-7-23(25)30)16-37-27(31)17-32-15-24(33-27)18-4-3-5-19(14-18)26(36)35-12-8-20(9-13-35)34-10-1-2-11-34/h3-7,14-15,17,20,33H,1-2,8-13,16,31H2. The van der Waals surface area contributed by atoms with Crippen LogP contribution in [0.3, 0.4) is 0 Å². The SMILES string of the molecule is NC1(OCc2c(F)ccc(F)c2Cl)C=NC=C(c2cccc(C(=O)N3CCC(N4CCCC4)CC3)c2)N1. The van der Waals surface area contributed by atoms with Crippen LogP contribution in [-0.2, 0) is 11.3 Å². The van der Waals surface area contributed by atoms with Crippen molar-refractivity contribution in [3.05, 3.63) is 75.9 Å². The molecule has 7 nitrogen and oxygen atoms in total. The van der Waals surface area contributed by atoms with Gasteiger partial charge >= 0.3 is 0 Å². The number of amides is 1. The van der Waals surface area contributed by atoms with E-state index >= 15 is 0 Å². The van der Waals surface area contributed by atoms with E-state index in [9.17, 15) is 13.6 Å². The number of hydrogen-bond donors (Lipinski definition) is 2. The molecule has 1 unspecified atom stereocenters. The van der Waals surface area contributed by atoms with E-state index < -0.39 is 17.5 Å². The lowest BCUT2D eigenvalue weighted by Crippen LogP contribution is -2.57. The lowest BCUT2D eigenvalue weighted by molar-refractivity contribution is -0.0116. The third-order valence-corrected chi connectivity index (χ3v) is 7.63. The number of piperidine rings is 1. The van der Waals surface area contributed by atoms with Gasteiger partial charge in [0.1, 0.15) is 11.6 Å². The minimum atomic E-state index is -1.59. The zero-order valence-corrected chi connectivity index (χ0v) is 21.2. The molecule has 2 aromatic rings. The minimum absolute atomic E-state index is 0.00637. The monoisotopic (exact) mass is 529 g/mol. The van der Waals surface area contributed by atoms with Gasteiger partial charge < -0.3 is 19.9 Å². The van der Waals surface area contributed by atoms with Crippen LogP contribution in [0.2, 0.25) is 5.02 Å². The van der Waals surface area contributed by atoms with Crippen LogP contribution < -0.4 is 11.1 Å². The first-order valence-electron chi connectivity index (χ1n) is 12.5. The van der Waals surface area contributed by atoms with Gasteiger partial charge in [0, 0.05) is 35.8 Å². The van der Waals surface area contributed by atoms with Crippen LogP contribution >= 0.6 is 11.6 Å². The van der Waals surface area contributed by atoms with Crippen LogP contribution in [0.4, 0.5) is 8.78 Å². The summed E-state index contributed by atoms with van der Waals surface area (Å²) in [4.78, 5) is 21.9. The molecule has 1 atom stereocenters. The van der Waals surface area contributed by atoms with Gasteiger partial charge in [0.15, 0.2) is 0 Å². The van der Waals surface area contributed by atoms with Gasteiger partial charge in [-0.3, -0.25) is 15.5 Å². The lowest BCUT2D eigenvalue weighted by Gasteiger charge is -2.36. The number of nitrogens with one attached hydrogen (secondary N) is 1. The smallest absolute Gasteiger partial charge is 0.253 e. The van der Waals surface area contributed by atoms with E-state index in [1.165, 1.54) is 32.1 Å². The van der Waals surface area contributed by atoms with E-state index in [1.54, 1.807) is 24.4 Å². The minimum Gasteiger partial charge on any atom is -0.339 e. The molecule has 3 aliphatic heterocycles. The van der Waals surface area contributed by atoms with Gasteiger partial charge in [-0.25, -0.2) is 8.78 Å². The molecule has 0 radical (unpaired) electrons. The third kappa shape index (κ3) is 5.70. The summed E-state index contributed by atoms with van der Waals surface area (Å²) in [5.74, 6) is -3.05. The van der Waals surface area contributed by atoms with Gasteiger partial charge in [0.2, 0.25) is 5.85 Å². The second-order valence-electron chi connectivity index (χ2n) is 9.70. The Balaban J connectivity index is 1.23. The first-order valence-corrected chi connectivity index (χ1v) is 12.9. The summed E-state index contributed by atoms with van der Waals surface area (Å²) in [7, 11) is 0. The summed E-state index contributed by atoms with van der Waals surface area (Å²) in [6.45, 7) is 3.45. The molecule has 5 rings (SSSR count).